The molecule has 0 bridgehead atoms. The van der Waals surface area contributed by atoms with Crippen LogP contribution in [0.5, 0.6) is 0 Å². The molecule has 1 saturated carbocycles. The van der Waals surface area contributed by atoms with Crippen LogP contribution in [0.15, 0.2) is 24.3 Å². The first-order valence-electron chi connectivity index (χ1n) is 7.32. The highest BCUT2D eigenvalue weighted by Gasteiger charge is 2.56. The van der Waals surface area contributed by atoms with Crippen LogP contribution in [0.25, 0.3) is 0 Å². The molecule has 0 aromatic heterocycles. The van der Waals surface area contributed by atoms with Crippen molar-refractivity contribution in [2.24, 2.45) is 5.41 Å². The Labute approximate surface area is 124 Å². The predicted molar refractivity (Wildman–Crippen MR) is 77.8 cm³/mol. The molecule has 0 aliphatic heterocycles. The van der Waals surface area contributed by atoms with Crippen molar-refractivity contribution in [1.82, 2.24) is 10.6 Å². The smallest absolute Gasteiger partial charge is 0.235 e. The molecule has 1 unspecified atom stereocenters. The van der Waals surface area contributed by atoms with Gasteiger partial charge in [0, 0.05) is 18.2 Å². The molecule has 4 nitrogen and oxygen atoms in total. The van der Waals surface area contributed by atoms with Gasteiger partial charge in [-0.25, -0.2) is 4.39 Å². The van der Waals surface area contributed by atoms with Crippen LogP contribution in [0.1, 0.15) is 38.7 Å². The fourth-order valence-corrected chi connectivity index (χ4v) is 2.13. The first-order chi connectivity index (χ1) is 9.99. The number of rotatable bonds is 6. The van der Waals surface area contributed by atoms with E-state index in [1.807, 2.05) is 13.8 Å². The van der Waals surface area contributed by atoms with E-state index in [1.165, 1.54) is 6.07 Å². The fraction of sp³-hybridized carbons (Fsp3) is 0.500. The van der Waals surface area contributed by atoms with E-state index in [9.17, 15) is 14.0 Å². The third-order valence-corrected chi connectivity index (χ3v) is 4.01. The predicted octanol–water partition coefficient (Wildman–Crippen LogP) is 2.14. The third kappa shape index (κ3) is 3.40. The van der Waals surface area contributed by atoms with Crippen molar-refractivity contribution >= 4 is 11.8 Å². The molecule has 5 heteroatoms. The summed E-state index contributed by atoms with van der Waals surface area (Å²) in [7, 11) is 0. The number of benzene rings is 1. The van der Waals surface area contributed by atoms with E-state index in [0.29, 0.717) is 18.4 Å². The lowest BCUT2D eigenvalue weighted by atomic mass is 10.0. The molecule has 114 valence electrons. The summed E-state index contributed by atoms with van der Waals surface area (Å²) in [6, 6.07) is 6.34. The number of carbonyl (C=O) groups excluding carboxylic acids is 2. The zero-order valence-electron chi connectivity index (χ0n) is 12.4. The van der Waals surface area contributed by atoms with Crippen LogP contribution >= 0.6 is 0 Å². The van der Waals surface area contributed by atoms with E-state index in [2.05, 4.69) is 10.6 Å². The van der Waals surface area contributed by atoms with Crippen molar-refractivity contribution in [3.05, 3.63) is 35.6 Å². The Morgan fingerprint density at radius 1 is 1.29 bits per heavy atom. The topological polar surface area (TPSA) is 58.2 Å². The lowest BCUT2D eigenvalue weighted by Crippen LogP contribution is -2.45. The zero-order chi connectivity index (χ0) is 15.5. The molecule has 1 aliphatic rings. The maximum Gasteiger partial charge on any atom is 0.235 e. The number of amides is 2. The second-order valence-electron chi connectivity index (χ2n) is 5.64. The van der Waals surface area contributed by atoms with Gasteiger partial charge in [0.05, 0.1) is 0 Å². The fourth-order valence-electron chi connectivity index (χ4n) is 2.13. The molecular weight excluding hydrogens is 271 g/mol. The Morgan fingerprint density at radius 2 is 1.95 bits per heavy atom. The van der Waals surface area contributed by atoms with Gasteiger partial charge >= 0.3 is 0 Å². The minimum atomic E-state index is -0.950. The monoisotopic (exact) mass is 292 g/mol. The van der Waals surface area contributed by atoms with Crippen LogP contribution in [0.3, 0.4) is 0 Å². The minimum Gasteiger partial charge on any atom is -0.353 e. The normalized spacial score (nSPS) is 16.9. The highest BCUT2D eigenvalue weighted by Crippen LogP contribution is 2.46. The summed E-state index contributed by atoms with van der Waals surface area (Å²) >= 11 is 0. The van der Waals surface area contributed by atoms with Gasteiger partial charge in [0.1, 0.15) is 11.2 Å². The standard InChI is InChI=1S/C16H21FN2O2/c1-3-11(2)19-15(21)16(8-9-16)14(20)18-10-12-6-4-5-7-13(12)17/h4-7,11H,3,8-10H2,1-2H3,(H,18,20)(H,19,21). The van der Waals surface area contributed by atoms with E-state index in [0.717, 1.165) is 6.42 Å². The molecule has 1 atom stereocenters. The second-order valence-corrected chi connectivity index (χ2v) is 5.64. The van der Waals surface area contributed by atoms with Gasteiger partial charge in [-0.2, -0.15) is 0 Å². The van der Waals surface area contributed by atoms with Crippen LogP contribution in [-0.4, -0.2) is 17.9 Å². The maximum atomic E-state index is 13.5. The van der Waals surface area contributed by atoms with Gasteiger partial charge in [-0.05, 0) is 32.3 Å². The number of halogens is 1. The largest absolute Gasteiger partial charge is 0.353 e. The van der Waals surface area contributed by atoms with Gasteiger partial charge in [-0.3, -0.25) is 9.59 Å². The Morgan fingerprint density at radius 3 is 2.52 bits per heavy atom. The van der Waals surface area contributed by atoms with Crippen LogP contribution < -0.4 is 10.6 Å². The molecule has 1 aliphatic carbocycles. The van der Waals surface area contributed by atoms with Crippen LogP contribution in [0, 0.1) is 11.2 Å². The highest BCUT2D eigenvalue weighted by atomic mass is 19.1. The molecule has 1 aromatic carbocycles. The molecule has 0 heterocycles. The quantitative estimate of drug-likeness (QED) is 0.789. The molecule has 21 heavy (non-hydrogen) atoms. The summed E-state index contributed by atoms with van der Waals surface area (Å²) < 4.78 is 13.5. The summed E-state index contributed by atoms with van der Waals surface area (Å²) in [5.74, 6) is -0.888. The van der Waals surface area contributed by atoms with Crippen molar-refractivity contribution < 1.29 is 14.0 Å². The van der Waals surface area contributed by atoms with Crippen LogP contribution in [-0.2, 0) is 16.1 Å². The molecule has 1 aromatic rings. The summed E-state index contributed by atoms with van der Waals surface area (Å²) in [5, 5.41) is 5.52. The number of nitrogens with one attached hydrogen (secondary N) is 2. The summed E-state index contributed by atoms with van der Waals surface area (Å²) in [4.78, 5) is 24.4. The first kappa shape index (κ1) is 15.5. The average Bonchev–Trinajstić information content (AvgIpc) is 3.27. The first-order valence-corrected chi connectivity index (χ1v) is 7.32. The SMILES string of the molecule is CCC(C)NC(=O)C1(C(=O)NCc2ccccc2F)CC1. The van der Waals surface area contributed by atoms with Crippen molar-refractivity contribution in [2.75, 3.05) is 0 Å². The zero-order valence-corrected chi connectivity index (χ0v) is 12.4. The van der Waals surface area contributed by atoms with Gasteiger partial charge in [0.25, 0.3) is 0 Å². The molecule has 2 N–H and O–H groups in total. The molecular formula is C16H21FN2O2. The van der Waals surface area contributed by atoms with Gasteiger partial charge < -0.3 is 10.6 Å². The van der Waals surface area contributed by atoms with Gasteiger partial charge in [-0.1, -0.05) is 25.1 Å². The van der Waals surface area contributed by atoms with E-state index in [4.69, 9.17) is 0 Å². The van der Waals surface area contributed by atoms with Gasteiger partial charge in [0.2, 0.25) is 11.8 Å². The summed E-state index contributed by atoms with van der Waals surface area (Å²) in [6.07, 6.45) is 1.93. The molecule has 2 amide bonds. The van der Waals surface area contributed by atoms with E-state index in [-0.39, 0.29) is 30.2 Å². The Bertz CT molecular complexity index is 541. The molecule has 0 radical (unpaired) electrons. The lowest BCUT2D eigenvalue weighted by Gasteiger charge is -2.18. The van der Waals surface area contributed by atoms with E-state index >= 15 is 0 Å². The minimum absolute atomic E-state index is 0.0503. The van der Waals surface area contributed by atoms with Crippen molar-refractivity contribution in [3.63, 3.8) is 0 Å². The highest BCUT2D eigenvalue weighted by molar-refractivity contribution is 6.07. The van der Waals surface area contributed by atoms with Crippen LogP contribution in [0.2, 0.25) is 0 Å². The summed E-state index contributed by atoms with van der Waals surface area (Å²) in [6.45, 7) is 3.98. The van der Waals surface area contributed by atoms with E-state index in [1.54, 1.807) is 18.2 Å². The Kier molecular flexibility index (Phi) is 4.60. The summed E-state index contributed by atoms with van der Waals surface area (Å²) in [5.41, 5.74) is -0.529. The number of carbonyl (C=O) groups is 2. The van der Waals surface area contributed by atoms with Gasteiger partial charge in [-0.15, -0.1) is 0 Å². The van der Waals surface area contributed by atoms with Crippen molar-refractivity contribution in [3.8, 4) is 0 Å². The molecule has 1 fully saturated rings. The Balaban J connectivity index is 1.94. The van der Waals surface area contributed by atoms with E-state index < -0.39 is 5.41 Å². The Hall–Kier alpha value is -1.91. The molecule has 0 spiro atoms. The average molecular weight is 292 g/mol. The van der Waals surface area contributed by atoms with Gasteiger partial charge in [0.15, 0.2) is 0 Å². The van der Waals surface area contributed by atoms with Crippen molar-refractivity contribution in [2.45, 2.75) is 45.7 Å². The van der Waals surface area contributed by atoms with Crippen molar-refractivity contribution in [1.29, 1.82) is 0 Å². The number of hydrogen-bond acceptors (Lipinski definition) is 2. The number of hydrogen-bond donors (Lipinski definition) is 2. The molecule has 2 rings (SSSR count). The third-order valence-electron chi connectivity index (χ3n) is 4.01. The maximum absolute atomic E-state index is 13.5. The second kappa shape index (κ2) is 6.24. The molecule has 0 saturated heterocycles. The van der Waals surface area contributed by atoms with Crippen LogP contribution in [0.4, 0.5) is 4.39 Å². The lowest BCUT2D eigenvalue weighted by molar-refractivity contribution is -0.137.